The number of fused-ring (bicyclic) bond motifs is 1. The molecule has 0 aromatic carbocycles. The summed E-state index contributed by atoms with van der Waals surface area (Å²) in [4.78, 5) is 19.1. The van der Waals surface area contributed by atoms with Crippen molar-refractivity contribution >= 4 is 17.5 Å². The number of pyridine rings is 1. The summed E-state index contributed by atoms with van der Waals surface area (Å²) < 4.78 is 38.4. The molecular formula is C19H23F3N6. The molecule has 2 saturated heterocycles. The fourth-order valence-electron chi connectivity index (χ4n) is 4.11. The van der Waals surface area contributed by atoms with E-state index in [0.717, 1.165) is 56.4 Å². The molecule has 0 aliphatic carbocycles. The topological polar surface area (TPSA) is 48.4 Å². The van der Waals surface area contributed by atoms with Crippen LogP contribution >= 0.6 is 0 Å². The van der Waals surface area contributed by atoms with Gasteiger partial charge < -0.3 is 14.7 Å². The number of aromatic nitrogens is 3. The summed E-state index contributed by atoms with van der Waals surface area (Å²) in [5.74, 6) is 2.90. The number of piperidine rings is 1. The Labute approximate surface area is 162 Å². The van der Waals surface area contributed by atoms with E-state index in [4.69, 9.17) is 0 Å². The van der Waals surface area contributed by atoms with Crippen molar-refractivity contribution in [3.05, 3.63) is 36.3 Å². The largest absolute Gasteiger partial charge is 0.417 e. The number of halogens is 3. The van der Waals surface area contributed by atoms with Crippen LogP contribution in [-0.4, -0.2) is 54.7 Å². The molecular weight excluding hydrogens is 369 g/mol. The first-order valence-electron chi connectivity index (χ1n) is 9.37. The van der Waals surface area contributed by atoms with Crippen LogP contribution < -0.4 is 14.7 Å². The van der Waals surface area contributed by atoms with Crippen molar-refractivity contribution in [1.29, 1.82) is 0 Å². The first-order valence-corrected chi connectivity index (χ1v) is 9.37. The van der Waals surface area contributed by atoms with E-state index in [1.54, 1.807) is 6.33 Å². The standard InChI is InChI=1S/C19H23F3N6/c1-26(2)17-9-18(25-12-24-17)28-8-6-13-5-7-27(11-15(13)28)16-4-3-14(10-23-16)19(20,21)22/h3-4,9-10,12-13,15H,5-8,11H2,1-2H3. The molecule has 0 spiro atoms. The van der Waals surface area contributed by atoms with Crippen LogP contribution in [-0.2, 0) is 6.18 Å². The Morgan fingerprint density at radius 1 is 1.04 bits per heavy atom. The zero-order chi connectivity index (χ0) is 19.9. The number of alkyl halides is 3. The maximum absolute atomic E-state index is 12.8. The zero-order valence-corrected chi connectivity index (χ0v) is 15.9. The molecule has 4 heterocycles. The molecule has 150 valence electrons. The van der Waals surface area contributed by atoms with E-state index in [0.29, 0.717) is 11.7 Å². The lowest BCUT2D eigenvalue weighted by Crippen LogP contribution is -2.48. The smallest absolute Gasteiger partial charge is 0.363 e. The van der Waals surface area contributed by atoms with Gasteiger partial charge in [0.05, 0.1) is 11.6 Å². The molecule has 6 nitrogen and oxygen atoms in total. The van der Waals surface area contributed by atoms with Crippen LogP contribution in [0.4, 0.5) is 30.6 Å². The predicted octanol–water partition coefficient (Wildman–Crippen LogP) is 3.06. The summed E-state index contributed by atoms with van der Waals surface area (Å²) in [5, 5.41) is 0. The predicted molar refractivity (Wildman–Crippen MR) is 102 cm³/mol. The molecule has 2 atom stereocenters. The van der Waals surface area contributed by atoms with Gasteiger partial charge in [-0.05, 0) is 30.9 Å². The Morgan fingerprint density at radius 2 is 1.82 bits per heavy atom. The highest BCUT2D eigenvalue weighted by Crippen LogP contribution is 2.36. The van der Waals surface area contributed by atoms with Crippen LogP contribution in [0.2, 0.25) is 0 Å². The molecule has 2 aliphatic rings. The van der Waals surface area contributed by atoms with Gasteiger partial charge in [0.15, 0.2) is 0 Å². The second-order valence-electron chi connectivity index (χ2n) is 7.58. The quantitative estimate of drug-likeness (QED) is 0.800. The Balaban J connectivity index is 1.53. The van der Waals surface area contributed by atoms with Crippen LogP contribution in [0.3, 0.4) is 0 Å². The second kappa shape index (κ2) is 7.10. The lowest BCUT2D eigenvalue weighted by molar-refractivity contribution is -0.137. The van der Waals surface area contributed by atoms with Gasteiger partial charge in [0, 0.05) is 46.0 Å². The van der Waals surface area contributed by atoms with Crippen molar-refractivity contribution in [2.24, 2.45) is 5.92 Å². The van der Waals surface area contributed by atoms with Crippen molar-refractivity contribution in [3.63, 3.8) is 0 Å². The molecule has 2 aromatic rings. The summed E-state index contributed by atoms with van der Waals surface area (Å²) >= 11 is 0. The van der Waals surface area contributed by atoms with Crippen LogP contribution in [0.15, 0.2) is 30.7 Å². The maximum atomic E-state index is 12.8. The highest BCUT2D eigenvalue weighted by Gasteiger charge is 2.39. The summed E-state index contributed by atoms with van der Waals surface area (Å²) in [6.45, 7) is 2.46. The molecule has 0 radical (unpaired) electrons. The number of hydrogen-bond acceptors (Lipinski definition) is 6. The molecule has 0 saturated carbocycles. The van der Waals surface area contributed by atoms with Gasteiger partial charge in [-0.2, -0.15) is 13.2 Å². The lowest BCUT2D eigenvalue weighted by Gasteiger charge is -2.39. The third kappa shape index (κ3) is 3.57. The van der Waals surface area contributed by atoms with Gasteiger partial charge in [0.1, 0.15) is 23.8 Å². The van der Waals surface area contributed by atoms with Crippen LogP contribution in [0.25, 0.3) is 0 Å². The summed E-state index contributed by atoms with van der Waals surface area (Å²) in [7, 11) is 3.88. The fourth-order valence-corrected chi connectivity index (χ4v) is 4.11. The minimum absolute atomic E-state index is 0.266. The molecule has 4 rings (SSSR count). The van der Waals surface area contributed by atoms with Gasteiger partial charge in [0.25, 0.3) is 0 Å². The third-order valence-electron chi connectivity index (χ3n) is 5.65. The molecule has 0 amide bonds. The number of nitrogens with zero attached hydrogens (tertiary/aromatic N) is 6. The highest BCUT2D eigenvalue weighted by atomic mass is 19.4. The maximum Gasteiger partial charge on any atom is 0.417 e. The van der Waals surface area contributed by atoms with Gasteiger partial charge in [-0.15, -0.1) is 0 Å². The average molecular weight is 392 g/mol. The first-order chi connectivity index (χ1) is 13.3. The molecule has 0 N–H and O–H groups in total. The summed E-state index contributed by atoms with van der Waals surface area (Å²) in [5.41, 5.74) is -0.717. The average Bonchev–Trinajstić information content (AvgIpc) is 3.10. The van der Waals surface area contributed by atoms with Crippen molar-refractivity contribution < 1.29 is 13.2 Å². The number of anilines is 3. The Hall–Kier alpha value is -2.58. The van der Waals surface area contributed by atoms with Crippen molar-refractivity contribution in [1.82, 2.24) is 15.0 Å². The van der Waals surface area contributed by atoms with Gasteiger partial charge in [-0.1, -0.05) is 0 Å². The molecule has 2 unspecified atom stereocenters. The van der Waals surface area contributed by atoms with E-state index in [9.17, 15) is 13.2 Å². The monoisotopic (exact) mass is 392 g/mol. The van der Waals surface area contributed by atoms with E-state index >= 15 is 0 Å². The molecule has 2 fully saturated rings. The van der Waals surface area contributed by atoms with Crippen LogP contribution in [0.1, 0.15) is 18.4 Å². The van der Waals surface area contributed by atoms with Gasteiger partial charge >= 0.3 is 6.18 Å². The third-order valence-corrected chi connectivity index (χ3v) is 5.65. The Morgan fingerprint density at radius 3 is 2.50 bits per heavy atom. The SMILES string of the molecule is CN(C)c1cc(N2CCC3CCN(c4ccc(C(F)(F)F)cn4)CC32)ncn1. The first kappa shape index (κ1) is 18.8. The molecule has 28 heavy (non-hydrogen) atoms. The zero-order valence-electron chi connectivity index (χ0n) is 15.9. The van der Waals surface area contributed by atoms with E-state index in [1.807, 2.05) is 25.1 Å². The summed E-state index contributed by atoms with van der Waals surface area (Å²) in [6, 6.07) is 4.83. The van der Waals surface area contributed by atoms with Crippen molar-refractivity contribution in [2.75, 3.05) is 48.4 Å². The van der Waals surface area contributed by atoms with Gasteiger partial charge in [-0.3, -0.25) is 0 Å². The molecule has 9 heteroatoms. The Bertz CT molecular complexity index is 823. The van der Waals surface area contributed by atoms with Crippen molar-refractivity contribution in [3.8, 4) is 0 Å². The van der Waals surface area contributed by atoms with E-state index in [-0.39, 0.29) is 6.04 Å². The summed E-state index contributed by atoms with van der Waals surface area (Å²) in [6.07, 6.45) is 0.227. The van der Waals surface area contributed by atoms with E-state index in [2.05, 4.69) is 24.8 Å². The highest BCUT2D eigenvalue weighted by molar-refractivity contribution is 5.52. The van der Waals surface area contributed by atoms with E-state index < -0.39 is 11.7 Å². The van der Waals surface area contributed by atoms with Gasteiger partial charge in [0.2, 0.25) is 0 Å². The van der Waals surface area contributed by atoms with Crippen LogP contribution in [0.5, 0.6) is 0 Å². The van der Waals surface area contributed by atoms with Crippen molar-refractivity contribution in [2.45, 2.75) is 25.1 Å². The van der Waals surface area contributed by atoms with Gasteiger partial charge in [-0.25, -0.2) is 15.0 Å². The van der Waals surface area contributed by atoms with E-state index in [1.165, 1.54) is 6.07 Å². The number of hydrogen-bond donors (Lipinski definition) is 0. The van der Waals surface area contributed by atoms with Crippen LogP contribution in [0, 0.1) is 5.92 Å². The normalized spacial score (nSPS) is 22.3. The fraction of sp³-hybridized carbons (Fsp3) is 0.526. The minimum Gasteiger partial charge on any atom is -0.363 e. The lowest BCUT2D eigenvalue weighted by atomic mass is 9.92. The number of rotatable bonds is 3. The second-order valence-corrected chi connectivity index (χ2v) is 7.58. The molecule has 2 aromatic heterocycles. The Kier molecular flexibility index (Phi) is 4.76. The molecule has 2 aliphatic heterocycles. The molecule has 0 bridgehead atoms. The minimum atomic E-state index is -4.36.